The van der Waals surface area contributed by atoms with Crippen LogP contribution in [0, 0.1) is 0 Å². The molecule has 4 aromatic carbocycles. The topological polar surface area (TPSA) is 25.8 Å². The molecule has 0 amide bonds. The van der Waals surface area contributed by atoms with Gasteiger partial charge in [0.05, 0.1) is 11.4 Å². The molecule has 0 saturated heterocycles. The highest BCUT2D eigenvalue weighted by atomic mass is 14.7. The van der Waals surface area contributed by atoms with Gasteiger partial charge in [-0.1, -0.05) is 103 Å². The molecule has 2 aromatic heterocycles. The summed E-state index contributed by atoms with van der Waals surface area (Å²) >= 11 is 0. The number of hydrogen-bond donors (Lipinski definition) is 0. The van der Waals surface area contributed by atoms with Gasteiger partial charge in [0.1, 0.15) is 0 Å². The van der Waals surface area contributed by atoms with E-state index in [0.29, 0.717) is 0 Å². The van der Waals surface area contributed by atoms with E-state index in [1.165, 1.54) is 27.1 Å². The molecule has 0 radical (unpaired) electrons. The molecule has 6 rings (SSSR count). The summed E-state index contributed by atoms with van der Waals surface area (Å²) in [7, 11) is 0. The number of rotatable bonds is 6. The zero-order valence-corrected chi connectivity index (χ0v) is 19.6. The molecule has 168 valence electrons. The van der Waals surface area contributed by atoms with Gasteiger partial charge in [-0.3, -0.25) is 9.97 Å². The molecule has 0 N–H and O–H groups in total. The molecule has 0 aliphatic rings. The lowest BCUT2D eigenvalue weighted by Gasteiger charge is -2.12. The van der Waals surface area contributed by atoms with Gasteiger partial charge in [-0.2, -0.15) is 0 Å². The standard InChI is InChI=1S/C33H26N2/c1-2-12-25(13-3-1)31-21-9-16-27(34-31)17-10-22-32-29-19-7-5-14-26(29)23-33(35-32)30-20-8-15-24-11-4-6-18-28(24)30/h1-9,11-16,18-21,23H,10,17,22H2. The fourth-order valence-electron chi connectivity index (χ4n) is 4.87. The van der Waals surface area contributed by atoms with Crippen LogP contribution in [0.25, 0.3) is 44.1 Å². The lowest BCUT2D eigenvalue weighted by atomic mass is 9.98. The number of pyridine rings is 2. The second-order valence-corrected chi connectivity index (χ2v) is 8.94. The first-order valence-corrected chi connectivity index (χ1v) is 12.2. The Morgan fingerprint density at radius 2 is 1.20 bits per heavy atom. The highest BCUT2D eigenvalue weighted by Gasteiger charge is 2.11. The van der Waals surface area contributed by atoms with Crippen molar-refractivity contribution in [3.05, 3.63) is 133 Å². The number of benzene rings is 4. The van der Waals surface area contributed by atoms with E-state index >= 15 is 0 Å². The van der Waals surface area contributed by atoms with E-state index in [4.69, 9.17) is 9.97 Å². The second kappa shape index (κ2) is 9.52. The average molecular weight is 451 g/mol. The zero-order chi connectivity index (χ0) is 23.5. The Hall–Kier alpha value is -4.30. The van der Waals surface area contributed by atoms with Crippen LogP contribution < -0.4 is 0 Å². The van der Waals surface area contributed by atoms with E-state index < -0.39 is 0 Å². The molecule has 2 heteroatoms. The summed E-state index contributed by atoms with van der Waals surface area (Å²) in [4.78, 5) is 10.1. The maximum Gasteiger partial charge on any atom is 0.0717 e. The predicted molar refractivity (Wildman–Crippen MR) is 146 cm³/mol. The van der Waals surface area contributed by atoms with Gasteiger partial charge in [0.2, 0.25) is 0 Å². The van der Waals surface area contributed by atoms with Gasteiger partial charge in [-0.25, -0.2) is 0 Å². The minimum atomic E-state index is 0.913. The van der Waals surface area contributed by atoms with E-state index in [2.05, 4.69) is 115 Å². The summed E-state index contributed by atoms with van der Waals surface area (Å²) in [6.07, 6.45) is 2.84. The van der Waals surface area contributed by atoms with E-state index in [9.17, 15) is 0 Å². The molecule has 0 unspecified atom stereocenters. The number of fused-ring (bicyclic) bond motifs is 2. The summed E-state index contributed by atoms with van der Waals surface area (Å²) in [5, 5.41) is 4.96. The van der Waals surface area contributed by atoms with Crippen LogP contribution in [0.4, 0.5) is 0 Å². The van der Waals surface area contributed by atoms with Crippen molar-refractivity contribution in [2.45, 2.75) is 19.3 Å². The van der Waals surface area contributed by atoms with E-state index in [1.807, 2.05) is 6.07 Å². The largest absolute Gasteiger partial charge is 0.253 e. The van der Waals surface area contributed by atoms with Crippen LogP contribution in [0.1, 0.15) is 17.8 Å². The summed E-state index contributed by atoms with van der Waals surface area (Å²) < 4.78 is 0. The van der Waals surface area contributed by atoms with E-state index in [-0.39, 0.29) is 0 Å². The van der Waals surface area contributed by atoms with Crippen molar-refractivity contribution in [3.63, 3.8) is 0 Å². The zero-order valence-electron chi connectivity index (χ0n) is 19.6. The van der Waals surface area contributed by atoms with Crippen molar-refractivity contribution < 1.29 is 0 Å². The normalized spacial score (nSPS) is 11.2. The van der Waals surface area contributed by atoms with Gasteiger partial charge < -0.3 is 0 Å². The third kappa shape index (κ3) is 4.43. The Morgan fingerprint density at radius 3 is 2.09 bits per heavy atom. The van der Waals surface area contributed by atoms with Crippen molar-refractivity contribution in [1.29, 1.82) is 0 Å². The van der Waals surface area contributed by atoms with Gasteiger partial charge in [0, 0.05) is 27.9 Å². The Kier molecular flexibility index (Phi) is 5.78. The molecule has 0 aliphatic carbocycles. The Labute approximate surface area is 206 Å². The van der Waals surface area contributed by atoms with Gasteiger partial charge in [0.25, 0.3) is 0 Å². The van der Waals surface area contributed by atoms with Gasteiger partial charge >= 0.3 is 0 Å². The Bertz CT molecular complexity index is 1610. The monoisotopic (exact) mass is 450 g/mol. The molecular formula is C33H26N2. The quantitative estimate of drug-likeness (QED) is 0.255. The van der Waals surface area contributed by atoms with Crippen LogP contribution in [-0.2, 0) is 12.8 Å². The molecule has 0 fully saturated rings. The van der Waals surface area contributed by atoms with Gasteiger partial charge in [-0.15, -0.1) is 0 Å². The lowest BCUT2D eigenvalue weighted by molar-refractivity contribution is 0.788. The van der Waals surface area contributed by atoms with Crippen molar-refractivity contribution in [3.8, 4) is 22.5 Å². The van der Waals surface area contributed by atoms with Gasteiger partial charge in [0.15, 0.2) is 0 Å². The lowest BCUT2D eigenvalue weighted by Crippen LogP contribution is -1.99. The van der Waals surface area contributed by atoms with E-state index in [1.54, 1.807) is 0 Å². The van der Waals surface area contributed by atoms with Crippen LogP contribution >= 0.6 is 0 Å². The Balaban J connectivity index is 1.30. The van der Waals surface area contributed by atoms with Gasteiger partial charge in [-0.05, 0) is 53.6 Å². The smallest absolute Gasteiger partial charge is 0.0717 e. The highest BCUT2D eigenvalue weighted by Crippen LogP contribution is 2.31. The molecule has 0 saturated carbocycles. The third-order valence-corrected chi connectivity index (χ3v) is 6.61. The van der Waals surface area contributed by atoms with Crippen LogP contribution in [0.15, 0.2) is 121 Å². The fraction of sp³-hybridized carbons (Fsp3) is 0.0909. The summed E-state index contributed by atoms with van der Waals surface area (Å²) in [6, 6.07) is 42.6. The van der Waals surface area contributed by atoms with Crippen molar-refractivity contribution in [2.75, 3.05) is 0 Å². The number of hydrogen-bond acceptors (Lipinski definition) is 2. The summed E-state index contributed by atoms with van der Waals surface area (Å²) in [5.74, 6) is 0. The number of aromatic nitrogens is 2. The molecule has 2 heterocycles. The molecule has 2 nitrogen and oxygen atoms in total. The first-order valence-electron chi connectivity index (χ1n) is 12.2. The average Bonchev–Trinajstić information content (AvgIpc) is 2.93. The van der Waals surface area contributed by atoms with Crippen molar-refractivity contribution >= 4 is 21.5 Å². The third-order valence-electron chi connectivity index (χ3n) is 6.61. The molecule has 6 aromatic rings. The van der Waals surface area contributed by atoms with Crippen molar-refractivity contribution in [1.82, 2.24) is 9.97 Å². The van der Waals surface area contributed by atoms with Crippen LogP contribution in [0.2, 0.25) is 0 Å². The minimum Gasteiger partial charge on any atom is -0.253 e. The highest BCUT2D eigenvalue weighted by molar-refractivity contribution is 5.98. The molecule has 35 heavy (non-hydrogen) atoms. The molecule has 0 aliphatic heterocycles. The Morgan fingerprint density at radius 1 is 0.486 bits per heavy atom. The van der Waals surface area contributed by atoms with Crippen LogP contribution in [0.5, 0.6) is 0 Å². The van der Waals surface area contributed by atoms with Crippen molar-refractivity contribution in [2.24, 2.45) is 0 Å². The molecule has 0 atom stereocenters. The minimum absolute atomic E-state index is 0.913. The van der Waals surface area contributed by atoms with E-state index in [0.717, 1.165) is 47.6 Å². The number of nitrogens with zero attached hydrogens (tertiary/aromatic N) is 2. The SMILES string of the molecule is c1ccc(-c2cccc(CCCc3nc(-c4cccc5ccccc45)cc4ccccc34)n2)cc1. The number of aryl methyl sites for hydroxylation is 2. The first-order chi connectivity index (χ1) is 17.3. The van der Waals surface area contributed by atoms with Crippen LogP contribution in [-0.4, -0.2) is 9.97 Å². The molecule has 0 bridgehead atoms. The van der Waals surface area contributed by atoms with Crippen LogP contribution in [0.3, 0.4) is 0 Å². The maximum absolute atomic E-state index is 5.20. The first kappa shape index (κ1) is 21.2. The molecule has 0 spiro atoms. The molecular weight excluding hydrogens is 424 g/mol. The fourth-order valence-corrected chi connectivity index (χ4v) is 4.87. The predicted octanol–water partition coefficient (Wildman–Crippen LogP) is 8.29. The maximum atomic E-state index is 5.20. The summed E-state index contributed by atoms with van der Waals surface area (Å²) in [6.45, 7) is 0. The summed E-state index contributed by atoms with van der Waals surface area (Å²) in [5.41, 5.74) is 6.70. The second-order valence-electron chi connectivity index (χ2n) is 8.94.